The molecule has 2 aromatic rings. The normalized spacial score (nSPS) is 12.1. The predicted molar refractivity (Wildman–Crippen MR) is 73.2 cm³/mol. The number of imidazole rings is 1. The molecule has 0 unspecified atom stereocenters. The Morgan fingerprint density at radius 3 is 2.78 bits per heavy atom. The number of anilines is 1. The van der Waals surface area contributed by atoms with Crippen molar-refractivity contribution in [3.05, 3.63) is 24.0 Å². The van der Waals surface area contributed by atoms with Gasteiger partial charge in [-0.2, -0.15) is 0 Å². The number of rotatable bonds is 4. The summed E-state index contributed by atoms with van der Waals surface area (Å²) in [5.74, 6) is 1.07. The number of aryl methyl sites for hydroxylation is 2. The fourth-order valence-electron chi connectivity index (χ4n) is 2.03. The van der Waals surface area contributed by atoms with Gasteiger partial charge in [0.15, 0.2) is 0 Å². The van der Waals surface area contributed by atoms with Crippen molar-refractivity contribution in [3.63, 3.8) is 0 Å². The van der Waals surface area contributed by atoms with Crippen LogP contribution in [0, 0.1) is 6.92 Å². The molecule has 0 saturated heterocycles. The summed E-state index contributed by atoms with van der Waals surface area (Å²) in [5.41, 5.74) is 8.24. The number of benzene rings is 1. The summed E-state index contributed by atoms with van der Waals surface area (Å²) in [6.45, 7) is 2.57. The summed E-state index contributed by atoms with van der Waals surface area (Å²) in [7, 11) is -2.90. The molecule has 1 aromatic heterocycles. The minimum atomic E-state index is -2.90. The number of hydrogen-bond acceptors (Lipinski definition) is 4. The fraction of sp³-hybridized carbons (Fsp3) is 0.417. The molecule has 1 aromatic carbocycles. The third-order valence-electron chi connectivity index (χ3n) is 2.86. The van der Waals surface area contributed by atoms with E-state index in [0.29, 0.717) is 18.7 Å². The Labute approximate surface area is 107 Å². The zero-order valence-electron chi connectivity index (χ0n) is 10.5. The second-order valence-electron chi connectivity index (χ2n) is 4.54. The molecule has 0 fully saturated rings. The minimum Gasteiger partial charge on any atom is -0.399 e. The Balaban J connectivity index is 2.25. The van der Waals surface area contributed by atoms with Crippen LogP contribution in [0.5, 0.6) is 0 Å². The summed E-state index contributed by atoms with van der Waals surface area (Å²) in [6.07, 6.45) is 1.85. The highest BCUT2D eigenvalue weighted by molar-refractivity contribution is 7.90. The number of aromatic nitrogens is 2. The van der Waals surface area contributed by atoms with Crippen LogP contribution in [0.25, 0.3) is 11.0 Å². The smallest absolute Gasteiger partial charge is 0.147 e. The van der Waals surface area contributed by atoms with Gasteiger partial charge in [-0.1, -0.05) is 0 Å². The van der Waals surface area contributed by atoms with Crippen LogP contribution in [-0.2, 0) is 16.4 Å². The molecule has 0 spiro atoms. The molecule has 18 heavy (non-hydrogen) atoms. The number of nitrogens with zero attached hydrogens (tertiary/aromatic N) is 2. The maximum Gasteiger partial charge on any atom is 0.147 e. The van der Waals surface area contributed by atoms with Gasteiger partial charge in [-0.15, -0.1) is 0 Å². The van der Waals surface area contributed by atoms with Gasteiger partial charge in [-0.25, -0.2) is 13.4 Å². The van der Waals surface area contributed by atoms with E-state index >= 15 is 0 Å². The molecule has 5 nitrogen and oxygen atoms in total. The van der Waals surface area contributed by atoms with Crippen LogP contribution in [-0.4, -0.2) is 30.0 Å². The average Bonchev–Trinajstić information content (AvgIpc) is 2.52. The van der Waals surface area contributed by atoms with E-state index in [2.05, 4.69) is 4.98 Å². The van der Waals surface area contributed by atoms with Crippen LogP contribution < -0.4 is 5.73 Å². The van der Waals surface area contributed by atoms with Crippen LogP contribution >= 0.6 is 0 Å². The summed E-state index contributed by atoms with van der Waals surface area (Å²) in [6, 6.07) is 5.58. The Morgan fingerprint density at radius 1 is 1.39 bits per heavy atom. The first kappa shape index (κ1) is 12.9. The number of hydrogen-bond donors (Lipinski definition) is 1. The summed E-state index contributed by atoms with van der Waals surface area (Å²) < 4.78 is 24.3. The van der Waals surface area contributed by atoms with Crippen LogP contribution in [0.1, 0.15) is 12.2 Å². The van der Waals surface area contributed by atoms with E-state index in [9.17, 15) is 8.42 Å². The van der Waals surface area contributed by atoms with Crippen molar-refractivity contribution < 1.29 is 8.42 Å². The van der Waals surface area contributed by atoms with Crippen molar-refractivity contribution in [1.82, 2.24) is 9.55 Å². The van der Waals surface area contributed by atoms with Crippen molar-refractivity contribution >= 4 is 26.6 Å². The standard InChI is InChI=1S/C12H17N3O2S/c1-9-14-11-8-10(13)4-5-12(11)15(9)6-3-7-18(2,16)17/h4-5,8H,3,6-7,13H2,1-2H3. The molecule has 0 amide bonds. The van der Waals surface area contributed by atoms with Crippen molar-refractivity contribution in [2.45, 2.75) is 19.9 Å². The van der Waals surface area contributed by atoms with Gasteiger partial charge in [0.2, 0.25) is 0 Å². The third kappa shape index (κ3) is 2.81. The van der Waals surface area contributed by atoms with Gasteiger partial charge >= 0.3 is 0 Å². The summed E-state index contributed by atoms with van der Waals surface area (Å²) in [4.78, 5) is 4.42. The van der Waals surface area contributed by atoms with Gasteiger partial charge in [-0.3, -0.25) is 0 Å². The van der Waals surface area contributed by atoms with E-state index in [0.717, 1.165) is 16.9 Å². The molecule has 6 heteroatoms. The van der Waals surface area contributed by atoms with E-state index in [1.165, 1.54) is 6.26 Å². The third-order valence-corrected chi connectivity index (χ3v) is 3.89. The Hall–Kier alpha value is -1.56. The molecule has 0 aliphatic heterocycles. The molecule has 0 aliphatic rings. The number of nitrogens with two attached hydrogens (primary N) is 1. The van der Waals surface area contributed by atoms with Crippen LogP contribution in [0.15, 0.2) is 18.2 Å². The van der Waals surface area contributed by atoms with Gasteiger partial charge < -0.3 is 10.3 Å². The molecule has 98 valence electrons. The number of sulfone groups is 1. The van der Waals surface area contributed by atoms with E-state index in [1.54, 1.807) is 0 Å². The minimum absolute atomic E-state index is 0.196. The van der Waals surface area contributed by atoms with Crippen LogP contribution in [0.2, 0.25) is 0 Å². The van der Waals surface area contributed by atoms with Crippen LogP contribution in [0.3, 0.4) is 0 Å². The van der Waals surface area contributed by atoms with Crippen molar-refractivity contribution in [3.8, 4) is 0 Å². The monoisotopic (exact) mass is 267 g/mol. The number of nitrogen functional groups attached to an aromatic ring is 1. The topological polar surface area (TPSA) is 78.0 Å². The maximum atomic E-state index is 11.1. The van der Waals surface area contributed by atoms with E-state index in [1.807, 2.05) is 29.7 Å². The highest BCUT2D eigenvalue weighted by atomic mass is 32.2. The summed E-state index contributed by atoms with van der Waals surface area (Å²) >= 11 is 0. The van der Waals surface area contributed by atoms with Crippen molar-refractivity contribution in [2.24, 2.45) is 0 Å². The lowest BCUT2D eigenvalue weighted by Gasteiger charge is -2.06. The lowest BCUT2D eigenvalue weighted by Crippen LogP contribution is -2.08. The second-order valence-corrected chi connectivity index (χ2v) is 6.80. The zero-order valence-corrected chi connectivity index (χ0v) is 11.4. The van der Waals surface area contributed by atoms with Gasteiger partial charge in [0.1, 0.15) is 15.7 Å². The van der Waals surface area contributed by atoms with Crippen molar-refractivity contribution in [1.29, 1.82) is 0 Å². The number of fused-ring (bicyclic) bond motifs is 1. The average molecular weight is 267 g/mol. The highest BCUT2D eigenvalue weighted by Crippen LogP contribution is 2.19. The molecular weight excluding hydrogens is 250 g/mol. The predicted octanol–water partition coefficient (Wildman–Crippen LogP) is 1.36. The lowest BCUT2D eigenvalue weighted by atomic mass is 10.3. The molecule has 0 bridgehead atoms. The van der Waals surface area contributed by atoms with Gasteiger partial charge in [0.05, 0.1) is 16.8 Å². The first-order valence-corrected chi connectivity index (χ1v) is 7.83. The SMILES string of the molecule is Cc1nc2cc(N)ccc2n1CCCS(C)(=O)=O. The van der Waals surface area contributed by atoms with Gasteiger partial charge in [0, 0.05) is 18.5 Å². The van der Waals surface area contributed by atoms with Crippen molar-refractivity contribution in [2.75, 3.05) is 17.7 Å². The van der Waals surface area contributed by atoms with E-state index in [-0.39, 0.29) is 5.75 Å². The van der Waals surface area contributed by atoms with Gasteiger partial charge in [0.25, 0.3) is 0 Å². The highest BCUT2D eigenvalue weighted by Gasteiger charge is 2.08. The van der Waals surface area contributed by atoms with Crippen LogP contribution in [0.4, 0.5) is 5.69 Å². The Kier molecular flexibility index (Phi) is 3.30. The molecular formula is C12H17N3O2S. The molecule has 0 radical (unpaired) electrons. The Bertz CT molecular complexity index is 674. The molecule has 0 aliphatic carbocycles. The maximum absolute atomic E-state index is 11.1. The molecule has 2 rings (SSSR count). The molecule has 1 heterocycles. The lowest BCUT2D eigenvalue weighted by molar-refractivity contribution is 0.592. The quantitative estimate of drug-likeness (QED) is 0.848. The Morgan fingerprint density at radius 2 is 2.11 bits per heavy atom. The fourth-order valence-corrected chi connectivity index (χ4v) is 2.69. The first-order chi connectivity index (χ1) is 8.37. The largest absolute Gasteiger partial charge is 0.399 e. The van der Waals surface area contributed by atoms with E-state index in [4.69, 9.17) is 5.73 Å². The molecule has 0 saturated carbocycles. The first-order valence-electron chi connectivity index (χ1n) is 5.77. The molecule has 0 atom stereocenters. The summed E-state index contributed by atoms with van der Waals surface area (Å²) in [5, 5.41) is 0. The second kappa shape index (κ2) is 4.61. The zero-order chi connectivity index (χ0) is 13.3. The molecule has 2 N–H and O–H groups in total. The van der Waals surface area contributed by atoms with E-state index < -0.39 is 9.84 Å². The van der Waals surface area contributed by atoms with Gasteiger partial charge in [-0.05, 0) is 31.5 Å².